The highest BCUT2D eigenvalue weighted by atomic mass is 32.2. The minimum absolute atomic E-state index is 0.859. The molecule has 1 heterocycles. The normalized spacial score (nSPS) is 24.5. The van der Waals surface area contributed by atoms with E-state index in [9.17, 15) is 0 Å². The Morgan fingerprint density at radius 3 is 3.09 bits per heavy atom. The molecular formula is C9H14OS. The fourth-order valence-electron chi connectivity index (χ4n) is 1.12. The summed E-state index contributed by atoms with van der Waals surface area (Å²) in [4.78, 5) is 0. The molecular weight excluding hydrogens is 156 g/mol. The molecule has 1 fully saturated rings. The van der Waals surface area contributed by atoms with Gasteiger partial charge in [-0.25, -0.2) is 0 Å². The van der Waals surface area contributed by atoms with Crippen LogP contribution in [0.3, 0.4) is 0 Å². The molecule has 0 unspecified atom stereocenters. The topological polar surface area (TPSA) is 9.23 Å². The molecule has 1 nitrogen and oxygen atoms in total. The first-order valence-corrected chi connectivity index (χ1v) is 5.22. The lowest BCUT2D eigenvalue weighted by Crippen LogP contribution is -1.79. The summed E-state index contributed by atoms with van der Waals surface area (Å²) in [5.41, 5.74) is 1.36. The maximum atomic E-state index is 5.44. The molecule has 0 aromatic rings. The second kappa shape index (κ2) is 4.50. The molecule has 0 aromatic heterocycles. The Bertz CT molecular complexity index is 162. The van der Waals surface area contributed by atoms with Gasteiger partial charge in [0.2, 0.25) is 0 Å². The molecule has 0 bridgehead atoms. The van der Waals surface area contributed by atoms with Crippen LogP contribution in [0.1, 0.15) is 19.8 Å². The molecule has 0 amide bonds. The minimum atomic E-state index is 0.859. The van der Waals surface area contributed by atoms with E-state index < -0.39 is 0 Å². The molecule has 0 atom stereocenters. The quantitative estimate of drug-likeness (QED) is 0.630. The lowest BCUT2D eigenvalue weighted by Gasteiger charge is -1.97. The fraction of sp³-hybridized carbons (Fsp3) is 0.556. The molecule has 11 heavy (non-hydrogen) atoms. The number of rotatable bonds is 2. The Morgan fingerprint density at radius 2 is 2.45 bits per heavy atom. The third-order valence-corrected chi connectivity index (χ3v) is 2.12. The molecule has 62 valence electrons. The zero-order valence-corrected chi connectivity index (χ0v) is 7.91. The summed E-state index contributed by atoms with van der Waals surface area (Å²) in [5.74, 6) is 1.10. The van der Waals surface area contributed by atoms with Crippen molar-refractivity contribution in [1.29, 1.82) is 0 Å². The summed E-state index contributed by atoms with van der Waals surface area (Å²) in [5, 5.41) is 2.18. The summed E-state index contributed by atoms with van der Waals surface area (Å²) in [6, 6.07) is 0. The van der Waals surface area contributed by atoms with Crippen LogP contribution in [0.5, 0.6) is 0 Å². The summed E-state index contributed by atoms with van der Waals surface area (Å²) < 4.78 is 5.44. The van der Waals surface area contributed by atoms with Gasteiger partial charge in [-0.3, -0.25) is 0 Å². The van der Waals surface area contributed by atoms with E-state index in [0.717, 1.165) is 25.2 Å². The predicted octanol–water partition coefficient (Wildman–Crippen LogP) is 2.95. The van der Waals surface area contributed by atoms with E-state index in [4.69, 9.17) is 4.74 Å². The van der Waals surface area contributed by atoms with Gasteiger partial charge in [-0.1, -0.05) is 6.92 Å². The van der Waals surface area contributed by atoms with Gasteiger partial charge in [-0.15, -0.1) is 11.8 Å². The van der Waals surface area contributed by atoms with E-state index in [2.05, 4.69) is 24.7 Å². The first kappa shape index (κ1) is 8.72. The van der Waals surface area contributed by atoms with Gasteiger partial charge in [0, 0.05) is 12.0 Å². The van der Waals surface area contributed by atoms with Gasteiger partial charge >= 0.3 is 0 Å². The average Bonchev–Trinajstić information content (AvgIpc) is 2.39. The van der Waals surface area contributed by atoms with E-state index in [1.165, 1.54) is 5.57 Å². The highest BCUT2D eigenvalue weighted by Crippen LogP contribution is 2.25. The highest BCUT2D eigenvalue weighted by Gasteiger charge is 2.12. The molecule has 1 aliphatic heterocycles. The van der Waals surface area contributed by atoms with Crippen LogP contribution in [-0.4, -0.2) is 12.9 Å². The third kappa shape index (κ3) is 2.29. The van der Waals surface area contributed by atoms with Gasteiger partial charge < -0.3 is 4.74 Å². The van der Waals surface area contributed by atoms with Crippen LogP contribution < -0.4 is 0 Å². The zero-order chi connectivity index (χ0) is 8.10. The Balaban J connectivity index is 2.65. The SMILES string of the molecule is CC/C=C1\OCC\C1=C\SC. The molecule has 0 saturated carbocycles. The molecule has 0 spiro atoms. The fourth-order valence-corrected chi connectivity index (χ4v) is 1.64. The van der Waals surface area contributed by atoms with Crippen molar-refractivity contribution in [3.8, 4) is 0 Å². The second-order valence-electron chi connectivity index (χ2n) is 2.45. The monoisotopic (exact) mass is 170 g/mol. The summed E-state index contributed by atoms with van der Waals surface area (Å²) in [6.07, 6.45) is 6.36. The maximum absolute atomic E-state index is 5.44. The van der Waals surface area contributed by atoms with Crippen LogP contribution >= 0.6 is 11.8 Å². The van der Waals surface area contributed by atoms with E-state index in [0.29, 0.717) is 0 Å². The molecule has 0 radical (unpaired) electrons. The largest absolute Gasteiger partial charge is 0.493 e. The molecule has 2 heteroatoms. The Labute approximate surface area is 72.5 Å². The Hall–Kier alpha value is -0.370. The van der Waals surface area contributed by atoms with Crippen LogP contribution in [0.15, 0.2) is 22.8 Å². The van der Waals surface area contributed by atoms with Crippen molar-refractivity contribution in [3.05, 3.63) is 22.8 Å². The van der Waals surface area contributed by atoms with Gasteiger partial charge in [-0.2, -0.15) is 0 Å². The van der Waals surface area contributed by atoms with Gasteiger partial charge in [0.1, 0.15) is 5.76 Å². The highest BCUT2D eigenvalue weighted by molar-refractivity contribution is 8.01. The number of allylic oxidation sites excluding steroid dienone is 2. The maximum Gasteiger partial charge on any atom is 0.119 e. The third-order valence-electron chi connectivity index (χ3n) is 1.60. The van der Waals surface area contributed by atoms with E-state index in [1.807, 2.05) is 0 Å². The Kier molecular flexibility index (Phi) is 3.57. The molecule has 1 aliphatic rings. The standard InChI is InChI=1S/C9H14OS/c1-3-4-9-8(7-11-2)5-6-10-9/h4,7H,3,5-6H2,1-2H3/b8-7-,9-4-. The van der Waals surface area contributed by atoms with Gasteiger partial charge in [0.25, 0.3) is 0 Å². The van der Waals surface area contributed by atoms with Crippen molar-refractivity contribution in [1.82, 2.24) is 0 Å². The first-order chi connectivity index (χ1) is 5.38. The lowest BCUT2D eigenvalue weighted by atomic mass is 10.2. The smallest absolute Gasteiger partial charge is 0.119 e. The first-order valence-electron chi connectivity index (χ1n) is 3.93. The van der Waals surface area contributed by atoms with Crippen molar-refractivity contribution < 1.29 is 4.74 Å². The van der Waals surface area contributed by atoms with E-state index in [1.54, 1.807) is 11.8 Å². The molecule has 0 aromatic carbocycles. The molecule has 1 saturated heterocycles. The number of hydrogen-bond donors (Lipinski definition) is 0. The predicted molar refractivity (Wildman–Crippen MR) is 50.5 cm³/mol. The summed E-state index contributed by atoms with van der Waals surface area (Å²) in [6.45, 7) is 2.99. The van der Waals surface area contributed by atoms with Gasteiger partial charge in [-0.05, 0) is 24.2 Å². The van der Waals surface area contributed by atoms with Gasteiger partial charge in [0.05, 0.1) is 6.61 Å². The van der Waals surface area contributed by atoms with Gasteiger partial charge in [0.15, 0.2) is 0 Å². The lowest BCUT2D eigenvalue weighted by molar-refractivity contribution is 0.264. The molecule has 0 N–H and O–H groups in total. The zero-order valence-electron chi connectivity index (χ0n) is 7.09. The number of ether oxygens (including phenoxy) is 1. The van der Waals surface area contributed by atoms with Crippen LogP contribution in [0, 0.1) is 0 Å². The summed E-state index contributed by atoms with van der Waals surface area (Å²) >= 11 is 1.75. The van der Waals surface area contributed by atoms with Crippen LogP contribution in [-0.2, 0) is 4.74 Å². The average molecular weight is 170 g/mol. The van der Waals surface area contributed by atoms with Crippen molar-refractivity contribution in [2.24, 2.45) is 0 Å². The van der Waals surface area contributed by atoms with Crippen molar-refractivity contribution in [3.63, 3.8) is 0 Å². The van der Waals surface area contributed by atoms with Crippen molar-refractivity contribution in [2.45, 2.75) is 19.8 Å². The van der Waals surface area contributed by atoms with Crippen molar-refractivity contribution in [2.75, 3.05) is 12.9 Å². The van der Waals surface area contributed by atoms with Crippen molar-refractivity contribution >= 4 is 11.8 Å². The van der Waals surface area contributed by atoms with E-state index >= 15 is 0 Å². The molecule has 1 rings (SSSR count). The summed E-state index contributed by atoms with van der Waals surface area (Å²) in [7, 11) is 0. The molecule has 0 aliphatic carbocycles. The number of hydrogen-bond acceptors (Lipinski definition) is 2. The Morgan fingerprint density at radius 1 is 1.64 bits per heavy atom. The van der Waals surface area contributed by atoms with Crippen LogP contribution in [0.4, 0.5) is 0 Å². The number of thioether (sulfide) groups is 1. The van der Waals surface area contributed by atoms with E-state index in [-0.39, 0.29) is 0 Å². The van der Waals surface area contributed by atoms with Crippen LogP contribution in [0.25, 0.3) is 0 Å². The minimum Gasteiger partial charge on any atom is -0.493 e. The van der Waals surface area contributed by atoms with Crippen LogP contribution in [0.2, 0.25) is 0 Å². The second-order valence-corrected chi connectivity index (χ2v) is 3.16.